The molecule has 0 unspecified atom stereocenters. The summed E-state index contributed by atoms with van der Waals surface area (Å²) in [6.07, 6.45) is 4.26. The zero-order chi connectivity index (χ0) is 17.7. The van der Waals surface area contributed by atoms with Gasteiger partial charge in [-0.2, -0.15) is 0 Å². The fourth-order valence-electron chi connectivity index (χ4n) is 3.11. The van der Waals surface area contributed by atoms with E-state index in [1.807, 2.05) is 0 Å². The number of piperidine rings is 1. The van der Waals surface area contributed by atoms with Crippen molar-refractivity contribution in [1.29, 1.82) is 0 Å². The van der Waals surface area contributed by atoms with Crippen molar-refractivity contribution in [3.05, 3.63) is 33.9 Å². The molecule has 0 bridgehead atoms. The van der Waals surface area contributed by atoms with Gasteiger partial charge in [0, 0.05) is 19.2 Å². The molecule has 2 rings (SSSR count). The van der Waals surface area contributed by atoms with Gasteiger partial charge in [0.05, 0.1) is 16.6 Å². The lowest BCUT2D eigenvalue weighted by Gasteiger charge is -2.32. The maximum atomic E-state index is 12.5. The van der Waals surface area contributed by atoms with Crippen LogP contribution in [0.25, 0.3) is 0 Å². The van der Waals surface area contributed by atoms with Crippen molar-refractivity contribution in [3.63, 3.8) is 0 Å². The molecule has 1 aliphatic rings. The summed E-state index contributed by atoms with van der Waals surface area (Å²) in [4.78, 5) is 26.5. The van der Waals surface area contributed by atoms with Crippen LogP contribution in [-0.4, -0.2) is 59.5 Å². The molecule has 0 aromatic heterocycles. The van der Waals surface area contributed by atoms with E-state index in [4.69, 9.17) is 0 Å². The van der Waals surface area contributed by atoms with Crippen molar-refractivity contribution >= 4 is 11.6 Å². The van der Waals surface area contributed by atoms with E-state index in [1.165, 1.54) is 18.6 Å². The zero-order valence-electron chi connectivity index (χ0n) is 14.3. The second-order valence-corrected chi connectivity index (χ2v) is 6.64. The van der Waals surface area contributed by atoms with Crippen LogP contribution in [0.4, 0.5) is 5.69 Å². The molecular weight excluding hydrogens is 310 g/mol. The first-order chi connectivity index (χ1) is 11.4. The van der Waals surface area contributed by atoms with E-state index < -0.39 is 4.92 Å². The smallest absolute Gasteiger partial charge is 0.273 e. The molecule has 1 aliphatic heterocycles. The van der Waals surface area contributed by atoms with E-state index in [2.05, 4.69) is 19.0 Å². The Hall–Kier alpha value is -2.15. The zero-order valence-corrected chi connectivity index (χ0v) is 14.3. The van der Waals surface area contributed by atoms with E-state index in [9.17, 15) is 20.0 Å². The number of hydrogen-bond acceptors (Lipinski definition) is 5. The average Bonchev–Trinajstić information content (AvgIpc) is 2.54. The maximum absolute atomic E-state index is 12.5. The van der Waals surface area contributed by atoms with Crippen LogP contribution in [0.2, 0.25) is 0 Å². The summed E-state index contributed by atoms with van der Waals surface area (Å²) < 4.78 is 0. The van der Waals surface area contributed by atoms with Crippen molar-refractivity contribution in [1.82, 2.24) is 9.80 Å². The summed E-state index contributed by atoms with van der Waals surface area (Å²) in [6.45, 7) is 2.42. The molecule has 0 saturated carbocycles. The largest absolute Gasteiger partial charge is 0.507 e. The van der Waals surface area contributed by atoms with E-state index in [0.717, 1.165) is 31.9 Å². The molecule has 7 nitrogen and oxygen atoms in total. The van der Waals surface area contributed by atoms with Crippen LogP contribution in [0.3, 0.4) is 0 Å². The normalized spacial score (nSPS) is 15.7. The summed E-state index contributed by atoms with van der Waals surface area (Å²) in [5, 5.41) is 20.6. The molecular formula is C17H25N3O4. The Labute approximate surface area is 142 Å². The highest BCUT2D eigenvalue weighted by Gasteiger charge is 2.25. The maximum Gasteiger partial charge on any atom is 0.273 e. The predicted molar refractivity (Wildman–Crippen MR) is 91.2 cm³/mol. The fourth-order valence-corrected chi connectivity index (χ4v) is 3.11. The minimum absolute atomic E-state index is 0.131. The molecule has 1 heterocycles. The summed E-state index contributed by atoms with van der Waals surface area (Å²) in [5.41, 5.74) is -0.0877. The van der Waals surface area contributed by atoms with Crippen LogP contribution in [-0.2, 0) is 0 Å². The quantitative estimate of drug-likeness (QED) is 0.637. The molecule has 24 heavy (non-hydrogen) atoms. The number of aromatic hydroxyl groups is 1. The standard InChI is InChI=1S/C17H25N3O4/c1-18(2)9-3-4-13-7-10-19(11-8-13)17(22)15-6-5-14(20(23)24)12-16(15)21/h5-6,12-13,21H,3-4,7-11H2,1-2H3. The molecule has 1 fully saturated rings. The van der Waals surface area contributed by atoms with Gasteiger partial charge in [0.15, 0.2) is 0 Å². The SMILES string of the molecule is CN(C)CCCC1CCN(C(=O)c2ccc([N+](=O)[O-])cc2O)CC1. The molecule has 0 aliphatic carbocycles. The first kappa shape index (κ1) is 18.2. The molecule has 0 atom stereocenters. The number of phenols is 1. The Morgan fingerprint density at radius 1 is 1.38 bits per heavy atom. The van der Waals surface area contributed by atoms with Gasteiger partial charge in [0.25, 0.3) is 11.6 Å². The van der Waals surface area contributed by atoms with Crippen LogP contribution < -0.4 is 0 Å². The van der Waals surface area contributed by atoms with Gasteiger partial charge in [-0.1, -0.05) is 0 Å². The number of carbonyl (C=O) groups excluding carboxylic acids is 1. The van der Waals surface area contributed by atoms with Gasteiger partial charge in [-0.25, -0.2) is 0 Å². The summed E-state index contributed by atoms with van der Waals surface area (Å²) in [7, 11) is 4.13. The third-order valence-corrected chi connectivity index (χ3v) is 4.54. The number of amides is 1. The van der Waals surface area contributed by atoms with E-state index >= 15 is 0 Å². The minimum atomic E-state index is -0.590. The molecule has 1 amide bonds. The molecule has 1 aromatic rings. The van der Waals surface area contributed by atoms with Gasteiger partial charge in [-0.3, -0.25) is 14.9 Å². The third kappa shape index (κ3) is 4.67. The molecule has 0 radical (unpaired) electrons. The molecule has 1 N–H and O–H groups in total. The van der Waals surface area contributed by atoms with Crippen molar-refractivity contribution in [2.24, 2.45) is 5.92 Å². The van der Waals surface area contributed by atoms with Crippen LogP contribution in [0.1, 0.15) is 36.0 Å². The Bertz CT molecular complexity index is 595. The number of likely N-dealkylation sites (tertiary alicyclic amines) is 1. The van der Waals surface area contributed by atoms with Crippen LogP contribution in [0, 0.1) is 16.0 Å². The Kier molecular flexibility index (Phi) is 6.14. The molecule has 0 spiro atoms. The highest BCUT2D eigenvalue weighted by molar-refractivity contribution is 5.97. The monoisotopic (exact) mass is 335 g/mol. The van der Waals surface area contributed by atoms with Crippen LogP contribution in [0.15, 0.2) is 18.2 Å². The van der Waals surface area contributed by atoms with Crippen molar-refractivity contribution in [3.8, 4) is 5.75 Å². The Morgan fingerprint density at radius 2 is 2.04 bits per heavy atom. The van der Waals surface area contributed by atoms with Gasteiger partial charge in [-0.15, -0.1) is 0 Å². The van der Waals surface area contributed by atoms with Gasteiger partial charge >= 0.3 is 0 Å². The third-order valence-electron chi connectivity index (χ3n) is 4.54. The number of benzene rings is 1. The van der Waals surface area contributed by atoms with Crippen molar-refractivity contribution in [2.75, 3.05) is 33.7 Å². The van der Waals surface area contributed by atoms with Gasteiger partial charge < -0.3 is 14.9 Å². The first-order valence-corrected chi connectivity index (χ1v) is 8.30. The lowest BCUT2D eigenvalue weighted by Crippen LogP contribution is -2.38. The Morgan fingerprint density at radius 3 is 2.58 bits per heavy atom. The number of rotatable bonds is 6. The second-order valence-electron chi connectivity index (χ2n) is 6.64. The van der Waals surface area contributed by atoms with Crippen molar-refractivity contribution < 1.29 is 14.8 Å². The predicted octanol–water partition coefficient (Wildman–Crippen LogP) is 2.49. The summed E-state index contributed by atoms with van der Waals surface area (Å²) in [5.74, 6) is 0.0518. The highest BCUT2D eigenvalue weighted by Crippen LogP contribution is 2.27. The number of phenolic OH excluding ortho intramolecular Hbond substituents is 1. The van der Waals surface area contributed by atoms with Crippen LogP contribution in [0.5, 0.6) is 5.75 Å². The number of non-ortho nitro benzene ring substituents is 1. The van der Waals surface area contributed by atoms with E-state index in [-0.39, 0.29) is 22.9 Å². The minimum Gasteiger partial charge on any atom is -0.507 e. The molecule has 1 aromatic carbocycles. The number of hydrogen-bond donors (Lipinski definition) is 1. The summed E-state index contributed by atoms with van der Waals surface area (Å²) in [6, 6.07) is 3.61. The molecule has 132 valence electrons. The van der Waals surface area contributed by atoms with Gasteiger partial charge in [-0.05, 0) is 58.3 Å². The average molecular weight is 335 g/mol. The first-order valence-electron chi connectivity index (χ1n) is 8.30. The second kappa shape index (κ2) is 8.10. The van der Waals surface area contributed by atoms with E-state index in [0.29, 0.717) is 19.0 Å². The van der Waals surface area contributed by atoms with Gasteiger partial charge in [0.1, 0.15) is 5.75 Å². The van der Waals surface area contributed by atoms with Gasteiger partial charge in [0.2, 0.25) is 0 Å². The Balaban J connectivity index is 1.90. The van der Waals surface area contributed by atoms with Crippen molar-refractivity contribution in [2.45, 2.75) is 25.7 Å². The summed E-state index contributed by atoms with van der Waals surface area (Å²) >= 11 is 0. The molecule has 1 saturated heterocycles. The molecule has 7 heteroatoms. The van der Waals surface area contributed by atoms with E-state index in [1.54, 1.807) is 4.90 Å². The number of nitro benzene ring substituents is 1. The number of nitro groups is 1. The fraction of sp³-hybridized carbons (Fsp3) is 0.588. The highest BCUT2D eigenvalue weighted by atomic mass is 16.6. The number of carbonyl (C=O) groups is 1. The number of nitrogens with zero attached hydrogens (tertiary/aromatic N) is 3. The lowest BCUT2D eigenvalue weighted by molar-refractivity contribution is -0.384. The van der Waals surface area contributed by atoms with Crippen LogP contribution >= 0.6 is 0 Å². The lowest BCUT2D eigenvalue weighted by atomic mass is 9.91. The topological polar surface area (TPSA) is 86.9 Å².